The van der Waals surface area contributed by atoms with Crippen LogP contribution < -0.4 is 0 Å². The van der Waals surface area contributed by atoms with E-state index in [1.807, 2.05) is 36.4 Å². The maximum absolute atomic E-state index is 12.8. The number of aromatic nitrogens is 1. The second-order valence-corrected chi connectivity index (χ2v) is 6.24. The molecule has 0 saturated carbocycles. The SMILES string of the molecule is CN(Cc1ccccc1-c1ccccc1)C(=O)c1cc(-c2ccco2)on1. The quantitative estimate of drug-likeness (QED) is 0.510. The second-order valence-electron chi connectivity index (χ2n) is 6.24. The molecule has 0 fully saturated rings. The number of hydrogen-bond donors (Lipinski definition) is 0. The molecule has 5 nitrogen and oxygen atoms in total. The fourth-order valence-electron chi connectivity index (χ4n) is 2.99. The fraction of sp³-hybridized carbons (Fsp3) is 0.0909. The summed E-state index contributed by atoms with van der Waals surface area (Å²) in [7, 11) is 1.76. The van der Waals surface area contributed by atoms with Crippen molar-refractivity contribution in [3.63, 3.8) is 0 Å². The van der Waals surface area contributed by atoms with Crippen LogP contribution in [-0.2, 0) is 6.54 Å². The van der Waals surface area contributed by atoms with Gasteiger partial charge in [0.25, 0.3) is 5.91 Å². The molecule has 0 bridgehead atoms. The summed E-state index contributed by atoms with van der Waals surface area (Å²) in [5.41, 5.74) is 3.54. The molecule has 0 spiro atoms. The summed E-state index contributed by atoms with van der Waals surface area (Å²) in [6, 6.07) is 23.3. The molecular weight excluding hydrogens is 340 g/mol. The number of rotatable bonds is 5. The number of furan rings is 1. The van der Waals surface area contributed by atoms with Crippen LogP contribution in [-0.4, -0.2) is 23.0 Å². The van der Waals surface area contributed by atoms with Crippen LogP contribution in [0.1, 0.15) is 16.1 Å². The lowest BCUT2D eigenvalue weighted by Crippen LogP contribution is -2.26. The molecule has 0 unspecified atom stereocenters. The third-order valence-corrected chi connectivity index (χ3v) is 4.35. The van der Waals surface area contributed by atoms with Crippen molar-refractivity contribution in [1.29, 1.82) is 0 Å². The van der Waals surface area contributed by atoms with Crippen LogP contribution in [0, 0.1) is 0 Å². The number of benzene rings is 2. The second kappa shape index (κ2) is 7.33. The topological polar surface area (TPSA) is 59.5 Å². The lowest BCUT2D eigenvalue weighted by atomic mass is 9.99. The van der Waals surface area contributed by atoms with Crippen LogP contribution in [0.3, 0.4) is 0 Å². The van der Waals surface area contributed by atoms with Crippen LogP contribution in [0.25, 0.3) is 22.6 Å². The molecule has 2 aromatic heterocycles. The molecule has 27 heavy (non-hydrogen) atoms. The zero-order chi connectivity index (χ0) is 18.6. The molecule has 0 aliphatic heterocycles. The Morgan fingerprint density at radius 2 is 1.74 bits per heavy atom. The van der Waals surface area contributed by atoms with E-state index in [4.69, 9.17) is 8.94 Å². The minimum absolute atomic E-state index is 0.209. The van der Waals surface area contributed by atoms with Crippen LogP contribution in [0.15, 0.2) is 88.0 Å². The van der Waals surface area contributed by atoms with Crippen molar-refractivity contribution in [3.05, 3.63) is 90.3 Å². The highest BCUT2D eigenvalue weighted by atomic mass is 16.5. The average Bonchev–Trinajstić information content (AvgIpc) is 3.40. The maximum Gasteiger partial charge on any atom is 0.276 e. The van der Waals surface area contributed by atoms with Crippen molar-refractivity contribution in [2.75, 3.05) is 7.05 Å². The van der Waals surface area contributed by atoms with E-state index in [9.17, 15) is 4.79 Å². The van der Waals surface area contributed by atoms with Gasteiger partial charge < -0.3 is 13.8 Å². The van der Waals surface area contributed by atoms with Gasteiger partial charge >= 0.3 is 0 Å². The average molecular weight is 358 g/mol. The Morgan fingerprint density at radius 3 is 2.52 bits per heavy atom. The molecule has 0 N–H and O–H groups in total. The lowest BCUT2D eigenvalue weighted by Gasteiger charge is -2.18. The maximum atomic E-state index is 12.8. The molecule has 4 rings (SSSR count). The Morgan fingerprint density at radius 1 is 0.963 bits per heavy atom. The predicted molar refractivity (Wildman–Crippen MR) is 102 cm³/mol. The highest BCUT2D eigenvalue weighted by Gasteiger charge is 2.19. The van der Waals surface area contributed by atoms with Crippen LogP contribution in [0.5, 0.6) is 0 Å². The number of carbonyl (C=O) groups excluding carboxylic acids is 1. The molecule has 0 aliphatic carbocycles. The molecule has 0 radical (unpaired) electrons. The molecule has 0 saturated heterocycles. The molecule has 134 valence electrons. The minimum Gasteiger partial charge on any atom is -0.461 e. The van der Waals surface area contributed by atoms with Gasteiger partial charge in [0.15, 0.2) is 11.5 Å². The predicted octanol–water partition coefficient (Wildman–Crippen LogP) is 4.87. The zero-order valence-corrected chi connectivity index (χ0v) is 14.8. The molecule has 2 aromatic carbocycles. The number of nitrogens with zero attached hydrogens (tertiary/aromatic N) is 2. The normalized spacial score (nSPS) is 10.7. The van der Waals surface area contributed by atoms with Crippen molar-refractivity contribution >= 4 is 5.91 Å². The van der Waals surface area contributed by atoms with Gasteiger partial charge in [0.1, 0.15) is 0 Å². The zero-order valence-electron chi connectivity index (χ0n) is 14.8. The Kier molecular flexibility index (Phi) is 4.58. The Balaban J connectivity index is 1.55. The third-order valence-electron chi connectivity index (χ3n) is 4.35. The van der Waals surface area contributed by atoms with E-state index in [2.05, 4.69) is 23.4 Å². The summed E-state index contributed by atoms with van der Waals surface area (Å²) >= 11 is 0. The van der Waals surface area contributed by atoms with Crippen molar-refractivity contribution in [2.24, 2.45) is 0 Å². The number of amides is 1. The van der Waals surface area contributed by atoms with E-state index in [1.54, 1.807) is 36.4 Å². The molecule has 5 heteroatoms. The summed E-state index contributed by atoms with van der Waals surface area (Å²) < 4.78 is 10.5. The minimum atomic E-state index is -0.209. The van der Waals surface area contributed by atoms with Gasteiger partial charge in [-0.1, -0.05) is 59.8 Å². The molecule has 1 amide bonds. The lowest BCUT2D eigenvalue weighted by molar-refractivity contribution is 0.0775. The van der Waals surface area contributed by atoms with Gasteiger partial charge in [-0.2, -0.15) is 0 Å². The van der Waals surface area contributed by atoms with E-state index in [0.717, 1.165) is 16.7 Å². The molecule has 0 atom stereocenters. The van der Waals surface area contributed by atoms with Crippen molar-refractivity contribution in [3.8, 4) is 22.6 Å². The molecule has 4 aromatic rings. The van der Waals surface area contributed by atoms with Crippen molar-refractivity contribution in [1.82, 2.24) is 10.1 Å². The van der Waals surface area contributed by atoms with Gasteiger partial charge in [-0.25, -0.2) is 0 Å². The fourth-order valence-corrected chi connectivity index (χ4v) is 2.99. The van der Waals surface area contributed by atoms with E-state index in [0.29, 0.717) is 18.1 Å². The molecule has 0 aliphatic rings. The summed E-state index contributed by atoms with van der Waals surface area (Å²) in [4.78, 5) is 14.4. The van der Waals surface area contributed by atoms with Gasteiger partial charge in [-0.15, -0.1) is 0 Å². The monoisotopic (exact) mass is 358 g/mol. The molecule has 2 heterocycles. The highest BCUT2D eigenvalue weighted by molar-refractivity contribution is 5.92. The first kappa shape index (κ1) is 16.8. The summed E-state index contributed by atoms with van der Waals surface area (Å²) in [5, 5.41) is 3.89. The first-order chi connectivity index (χ1) is 13.2. The summed E-state index contributed by atoms with van der Waals surface area (Å²) in [5.74, 6) is 0.763. The Hall–Kier alpha value is -3.60. The van der Waals surface area contributed by atoms with Gasteiger partial charge in [-0.3, -0.25) is 4.79 Å². The first-order valence-electron chi connectivity index (χ1n) is 8.62. The number of carbonyl (C=O) groups is 1. The highest BCUT2D eigenvalue weighted by Crippen LogP contribution is 2.25. The van der Waals surface area contributed by atoms with Gasteiger partial charge in [0.2, 0.25) is 5.76 Å². The van der Waals surface area contributed by atoms with Crippen LogP contribution in [0.4, 0.5) is 0 Å². The van der Waals surface area contributed by atoms with Crippen LogP contribution >= 0.6 is 0 Å². The van der Waals surface area contributed by atoms with Gasteiger partial charge in [0, 0.05) is 19.7 Å². The summed E-state index contributed by atoms with van der Waals surface area (Å²) in [6.07, 6.45) is 1.55. The van der Waals surface area contributed by atoms with Crippen molar-refractivity contribution in [2.45, 2.75) is 6.54 Å². The first-order valence-corrected chi connectivity index (χ1v) is 8.62. The van der Waals surface area contributed by atoms with Gasteiger partial charge in [0.05, 0.1) is 6.26 Å². The number of hydrogen-bond acceptors (Lipinski definition) is 4. The third kappa shape index (κ3) is 3.53. The Labute approximate surface area is 156 Å². The van der Waals surface area contributed by atoms with E-state index < -0.39 is 0 Å². The standard InChI is InChI=1S/C22H18N2O3/c1-24(22(25)19-14-21(27-23-19)20-12-7-13-26-20)15-17-10-5-6-11-18(17)16-8-3-2-4-9-16/h2-14H,15H2,1H3. The molecular formula is C22H18N2O3. The van der Waals surface area contributed by atoms with E-state index >= 15 is 0 Å². The van der Waals surface area contributed by atoms with Crippen LogP contribution in [0.2, 0.25) is 0 Å². The smallest absolute Gasteiger partial charge is 0.276 e. The van der Waals surface area contributed by atoms with Gasteiger partial charge in [-0.05, 0) is 28.8 Å². The Bertz CT molecular complexity index is 1040. The summed E-state index contributed by atoms with van der Waals surface area (Å²) in [6.45, 7) is 0.465. The van der Waals surface area contributed by atoms with E-state index in [1.165, 1.54) is 0 Å². The van der Waals surface area contributed by atoms with Crippen molar-refractivity contribution < 1.29 is 13.7 Å². The largest absolute Gasteiger partial charge is 0.461 e. The van der Waals surface area contributed by atoms with E-state index in [-0.39, 0.29) is 11.6 Å².